The molecule has 130 valence electrons. The Kier molecular flexibility index (Phi) is 4.99. The van der Waals surface area contributed by atoms with Crippen LogP contribution in [0.4, 0.5) is 10.7 Å². The van der Waals surface area contributed by atoms with Crippen molar-refractivity contribution in [2.75, 3.05) is 18.4 Å². The monoisotopic (exact) mass is 361 g/mol. The third-order valence-corrected chi connectivity index (χ3v) is 3.94. The number of nitrogens with one attached hydrogen (secondary N) is 1. The van der Waals surface area contributed by atoms with Crippen LogP contribution in [0.3, 0.4) is 0 Å². The number of hydrogen-bond donors (Lipinski definition) is 2. The summed E-state index contributed by atoms with van der Waals surface area (Å²) in [5.41, 5.74) is 5.46. The number of primary amides is 1. The number of ether oxygens (including phenoxy) is 1. The molecule has 25 heavy (non-hydrogen) atoms. The summed E-state index contributed by atoms with van der Waals surface area (Å²) in [5.74, 6) is 0.688. The van der Waals surface area contributed by atoms with Gasteiger partial charge in [-0.25, -0.2) is 14.8 Å². The summed E-state index contributed by atoms with van der Waals surface area (Å²) in [6, 6.07) is 6.34. The largest absolute Gasteiger partial charge is 0.411 e. The molecule has 1 aliphatic heterocycles. The van der Waals surface area contributed by atoms with E-state index in [0.29, 0.717) is 35.4 Å². The van der Waals surface area contributed by atoms with Crippen molar-refractivity contribution in [2.45, 2.75) is 12.5 Å². The second-order valence-electron chi connectivity index (χ2n) is 5.55. The fourth-order valence-corrected chi connectivity index (χ4v) is 2.69. The number of rotatable bonds is 4. The summed E-state index contributed by atoms with van der Waals surface area (Å²) in [5, 5.41) is 3.66. The molecule has 0 radical (unpaired) electrons. The quantitative estimate of drug-likeness (QED) is 0.860. The molecule has 0 unspecified atom stereocenters. The lowest BCUT2D eigenvalue weighted by Crippen LogP contribution is -2.31. The van der Waals surface area contributed by atoms with E-state index in [1.807, 2.05) is 0 Å². The third-order valence-electron chi connectivity index (χ3n) is 3.75. The molecule has 3 N–H and O–H groups in total. The lowest BCUT2D eigenvalue weighted by molar-refractivity contribution is 0.0791. The van der Waals surface area contributed by atoms with Gasteiger partial charge < -0.3 is 20.7 Å². The van der Waals surface area contributed by atoms with Gasteiger partial charge in [-0.3, -0.25) is 4.79 Å². The highest BCUT2D eigenvalue weighted by atomic mass is 35.5. The van der Waals surface area contributed by atoms with E-state index in [1.165, 1.54) is 24.5 Å². The number of amides is 2. The van der Waals surface area contributed by atoms with E-state index in [9.17, 15) is 9.59 Å². The molecule has 9 heteroatoms. The number of halogens is 1. The fourth-order valence-electron chi connectivity index (χ4n) is 2.60. The third kappa shape index (κ3) is 4.36. The molecule has 0 spiro atoms. The molecule has 2 aromatic rings. The minimum absolute atomic E-state index is 0.0718. The average molecular weight is 362 g/mol. The summed E-state index contributed by atoms with van der Waals surface area (Å²) in [6.07, 6.45) is 2.94. The van der Waals surface area contributed by atoms with Crippen LogP contribution >= 0.6 is 11.6 Å². The number of nitrogens with two attached hydrogens (primary N) is 1. The van der Waals surface area contributed by atoms with Crippen molar-refractivity contribution in [3.8, 4) is 5.75 Å². The van der Waals surface area contributed by atoms with E-state index in [1.54, 1.807) is 17.0 Å². The molecular weight excluding hydrogens is 346 g/mol. The summed E-state index contributed by atoms with van der Waals surface area (Å²) in [7, 11) is 0. The molecular formula is C16H16ClN5O3. The van der Waals surface area contributed by atoms with Crippen LogP contribution in [0.2, 0.25) is 5.02 Å². The van der Waals surface area contributed by atoms with Gasteiger partial charge in [-0.15, -0.1) is 0 Å². The first-order chi connectivity index (χ1) is 12.0. The standard InChI is InChI=1S/C16H16ClN5O3/c17-11-7-19-16(20-8-11)21-12-5-6-22(9-12)14(23)10-1-3-13(4-2-10)25-15(18)24/h1-4,7-8,12H,5-6,9H2,(H2,18,24)(H,19,20,21)/t12-/m1/s1. The Morgan fingerprint density at radius 2 is 1.92 bits per heavy atom. The zero-order chi connectivity index (χ0) is 17.8. The van der Waals surface area contributed by atoms with E-state index in [-0.39, 0.29) is 11.9 Å². The molecule has 1 fully saturated rings. The molecule has 2 heterocycles. The van der Waals surface area contributed by atoms with Crippen LogP contribution in [-0.4, -0.2) is 46.0 Å². The maximum Gasteiger partial charge on any atom is 0.409 e. The van der Waals surface area contributed by atoms with Gasteiger partial charge >= 0.3 is 6.09 Å². The summed E-state index contributed by atoms with van der Waals surface area (Å²) >= 11 is 5.76. The van der Waals surface area contributed by atoms with Gasteiger partial charge in [0.25, 0.3) is 5.91 Å². The summed E-state index contributed by atoms with van der Waals surface area (Å²) in [4.78, 5) is 33.2. The maximum absolute atomic E-state index is 12.5. The molecule has 1 aromatic heterocycles. The van der Waals surface area contributed by atoms with Gasteiger partial charge in [-0.1, -0.05) is 11.6 Å². The second kappa shape index (κ2) is 7.35. The Labute approximate surface area is 149 Å². The number of benzene rings is 1. The van der Waals surface area contributed by atoms with Crippen molar-refractivity contribution in [3.05, 3.63) is 47.2 Å². The number of carbonyl (C=O) groups excluding carboxylic acids is 2. The smallest absolute Gasteiger partial charge is 0.409 e. The molecule has 8 nitrogen and oxygen atoms in total. The minimum Gasteiger partial charge on any atom is -0.411 e. The normalized spacial score (nSPS) is 16.5. The molecule has 0 bridgehead atoms. The molecule has 1 saturated heterocycles. The van der Waals surface area contributed by atoms with E-state index in [0.717, 1.165) is 6.42 Å². The van der Waals surface area contributed by atoms with Crippen LogP contribution in [0.15, 0.2) is 36.7 Å². The van der Waals surface area contributed by atoms with Gasteiger partial charge in [0.1, 0.15) is 5.75 Å². The lowest BCUT2D eigenvalue weighted by Gasteiger charge is -2.17. The molecule has 3 rings (SSSR count). The lowest BCUT2D eigenvalue weighted by atomic mass is 10.2. The molecule has 1 aromatic carbocycles. The molecule has 0 saturated carbocycles. The van der Waals surface area contributed by atoms with Crippen molar-refractivity contribution in [1.29, 1.82) is 0 Å². The Morgan fingerprint density at radius 3 is 2.56 bits per heavy atom. The molecule has 1 atom stereocenters. The molecule has 1 aliphatic rings. The van der Waals surface area contributed by atoms with E-state index < -0.39 is 6.09 Å². The second-order valence-corrected chi connectivity index (χ2v) is 5.99. The van der Waals surface area contributed by atoms with Gasteiger partial charge in [-0.05, 0) is 30.7 Å². The Balaban J connectivity index is 1.58. The Morgan fingerprint density at radius 1 is 1.24 bits per heavy atom. The topological polar surface area (TPSA) is 110 Å². The highest BCUT2D eigenvalue weighted by Gasteiger charge is 2.27. The van der Waals surface area contributed by atoms with Crippen molar-refractivity contribution < 1.29 is 14.3 Å². The number of carbonyl (C=O) groups is 2. The van der Waals surface area contributed by atoms with Crippen LogP contribution in [-0.2, 0) is 0 Å². The highest BCUT2D eigenvalue weighted by Crippen LogP contribution is 2.18. The number of nitrogens with zero attached hydrogens (tertiary/aromatic N) is 3. The van der Waals surface area contributed by atoms with Gasteiger partial charge in [0.15, 0.2) is 0 Å². The van der Waals surface area contributed by atoms with Crippen molar-refractivity contribution in [1.82, 2.24) is 14.9 Å². The van der Waals surface area contributed by atoms with Crippen LogP contribution in [0.25, 0.3) is 0 Å². The van der Waals surface area contributed by atoms with Gasteiger partial charge in [-0.2, -0.15) is 0 Å². The van der Waals surface area contributed by atoms with Gasteiger partial charge in [0.05, 0.1) is 17.4 Å². The highest BCUT2D eigenvalue weighted by molar-refractivity contribution is 6.30. The van der Waals surface area contributed by atoms with Gasteiger partial charge in [0.2, 0.25) is 5.95 Å². The van der Waals surface area contributed by atoms with Crippen molar-refractivity contribution in [3.63, 3.8) is 0 Å². The van der Waals surface area contributed by atoms with E-state index in [2.05, 4.69) is 15.3 Å². The SMILES string of the molecule is NC(=O)Oc1ccc(C(=O)N2CC[C@@H](Nc3ncc(Cl)cn3)C2)cc1. The first-order valence-electron chi connectivity index (χ1n) is 7.62. The summed E-state index contributed by atoms with van der Waals surface area (Å²) < 4.78 is 4.75. The Hall–Kier alpha value is -2.87. The predicted molar refractivity (Wildman–Crippen MR) is 91.6 cm³/mol. The first kappa shape index (κ1) is 17.0. The number of likely N-dealkylation sites (tertiary alicyclic amines) is 1. The van der Waals surface area contributed by atoms with E-state index in [4.69, 9.17) is 22.1 Å². The molecule has 2 amide bonds. The number of aromatic nitrogens is 2. The maximum atomic E-state index is 12.5. The van der Waals surface area contributed by atoms with Gasteiger partial charge in [0, 0.05) is 24.7 Å². The van der Waals surface area contributed by atoms with Crippen LogP contribution in [0.5, 0.6) is 5.75 Å². The number of hydrogen-bond acceptors (Lipinski definition) is 6. The predicted octanol–water partition coefficient (Wildman–Crippen LogP) is 1.91. The summed E-state index contributed by atoms with van der Waals surface area (Å²) in [6.45, 7) is 1.17. The van der Waals surface area contributed by atoms with Crippen LogP contribution in [0, 0.1) is 0 Å². The van der Waals surface area contributed by atoms with E-state index >= 15 is 0 Å². The van der Waals surface area contributed by atoms with Crippen LogP contribution < -0.4 is 15.8 Å². The zero-order valence-electron chi connectivity index (χ0n) is 13.2. The first-order valence-corrected chi connectivity index (χ1v) is 8.00. The van der Waals surface area contributed by atoms with Crippen molar-refractivity contribution >= 4 is 29.5 Å². The van der Waals surface area contributed by atoms with Crippen molar-refractivity contribution in [2.24, 2.45) is 5.73 Å². The average Bonchev–Trinajstić information content (AvgIpc) is 3.05. The fraction of sp³-hybridized carbons (Fsp3) is 0.250. The van der Waals surface area contributed by atoms with Crippen LogP contribution in [0.1, 0.15) is 16.8 Å². The minimum atomic E-state index is -0.892. The number of anilines is 1. The molecule has 0 aliphatic carbocycles. The Bertz CT molecular complexity index is 766. The zero-order valence-corrected chi connectivity index (χ0v) is 13.9.